The lowest BCUT2D eigenvalue weighted by atomic mass is 10.2. The van der Waals surface area contributed by atoms with E-state index < -0.39 is 0 Å². The van der Waals surface area contributed by atoms with Gasteiger partial charge in [0.15, 0.2) is 5.82 Å². The minimum Gasteiger partial charge on any atom is -0.364 e. The predicted octanol–water partition coefficient (Wildman–Crippen LogP) is 3.69. The largest absolute Gasteiger partial charge is 0.364 e. The molecule has 0 saturated heterocycles. The molecule has 3 aromatic rings. The first-order valence-electron chi connectivity index (χ1n) is 7.06. The summed E-state index contributed by atoms with van der Waals surface area (Å²) in [6.07, 6.45) is 5.15. The molecule has 0 spiro atoms. The molecule has 0 atom stereocenters. The maximum atomic E-state index is 4.41. The van der Waals surface area contributed by atoms with Crippen LogP contribution in [0.4, 0.5) is 17.5 Å². The fourth-order valence-corrected chi connectivity index (χ4v) is 2.24. The number of hydrogen-bond acceptors (Lipinski definition) is 6. The van der Waals surface area contributed by atoms with E-state index in [-0.39, 0.29) is 0 Å². The summed E-state index contributed by atoms with van der Waals surface area (Å²) < 4.78 is 1.06. The summed E-state index contributed by atoms with van der Waals surface area (Å²) in [7, 11) is 0. The molecule has 0 amide bonds. The van der Waals surface area contributed by atoms with E-state index in [0.29, 0.717) is 18.3 Å². The Morgan fingerprint density at radius 2 is 2.09 bits per heavy atom. The smallest absolute Gasteiger partial charge is 0.249 e. The number of nitrogens with zero attached hydrogens (tertiary/aromatic N) is 4. The molecule has 0 saturated carbocycles. The van der Waals surface area contributed by atoms with Crippen LogP contribution < -0.4 is 10.6 Å². The summed E-state index contributed by atoms with van der Waals surface area (Å²) in [5.74, 6) is 1.10. The Kier molecular flexibility index (Phi) is 4.77. The van der Waals surface area contributed by atoms with Gasteiger partial charge in [-0.3, -0.25) is 4.98 Å². The van der Waals surface area contributed by atoms with Crippen molar-refractivity contribution in [3.63, 3.8) is 0 Å². The number of anilines is 3. The third kappa shape index (κ3) is 4.23. The molecule has 1 aromatic carbocycles. The Balaban J connectivity index is 1.68. The highest BCUT2D eigenvalue weighted by atomic mass is 79.9. The van der Waals surface area contributed by atoms with Crippen LogP contribution in [0.5, 0.6) is 0 Å². The maximum Gasteiger partial charge on any atom is 0.249 e. The standard InChI is InChI=1S/C16H15BrN6/c1-11-7-13(4-5-14(11)17)21-16-22-15(10-20-23-16)19-9-12-3-2-6-18-8-12/h2-8,10H,9H2,1H3,(H2,19,21,22,23). The van der Waals surface area contributed by atoms with Gasteiger partial charge in [-0.15, -0.1) is 5.10 Å². The summed E-state index contributed by atoms with van der Waals surface area (Å²) in [6, 6.07) is 9.85. The number of hydrogen-bond donors (Lipinski definition) is 2. The van der Waals surface area contributed by atoms with E-state index >= 15 is 0 Å². The average molecular weight is 371 g/mol. The van der Waals surface area contributed by atoms with Crippen molar-refractivity contribution in [1.29, 1.82) is 0 Å². The minimum absolute atomic E-state index is 0.447. The fourth-order valence-electron chi connectivity index (χ4n) is 1.99. The molecule has 0 fully saturated rings. The number of benzene rings is 1. The van der Waals surface area contributed by atoms with E-state index in [2.05, 4.69) is 46.7 Å². The third-order valence-electron chi connectivity index (χ3n) is 3.17. The zero-order chi connectivity index (χ0) is 16.1. The van der Waals surface area contributed by atoms with Gasteiger partial charge in [0.25, 0.3) is 0 Å². The molecule has 2 heterocycles. The highest BCUT2D eigenvalue weighted by Crippen LogP contribution is 2.21. The lowest BCUT2D eigenvalue weighted by Gasteiger charge is -2.08. The van der Waals surface area contributed by atoms with E-state index in [9.17, 15) is 0 Å². The van der Waals surface area contributed by atoms with Gasteiger partial charge in [-0.1, -0.05) is 22.0 Å². The monoisotopic (exact) mass is 370 g/mol. The van der Waals surface area contributed by atoms with Gasteiger partial charge in [0.05, 0.1) is 6.20 Å². The van der Waals surface area contributed by atoms with E-state index in [4.69, 9.17) is 0 Å². The van der Waals surface area contributed by atoms with Crippen molar-refractivity contribution in [3.8, 4) is 0 Å². The molecule has 23 heavy (non-hydrogen) atoms. The Morgan fingerprint density at radius 3 is 2.87 bits per heavy atom. The molecule has 6 nitrogen and oxygen atoms in total. The zero-order valence-corrected chi connectivity index (χ0v) is 14.1. The summed E-state index contributed by atoms with van der Waals surface area (Å²) in [4.78, 5) is 8.49. The zero-order valence-electron chi connectivity index (χ0n) is 12.5. The van der Waals surface area contributed by atoms with Crippen molar-refractivity contribution in [2.24, 2.45) is 0 Å². The Hall–Kier alpha value is -2.54. The summed E-state index contributed by atoms with van der Waals surface area (Å²) in [6.45, 7) is 2.66. The number of pyridine rings is 1. The number of aryl methyl sites for hydroxylation is 1. The van der Waals surface area contributed by atoms with Crippen LogP contribution >= 0.6 is 15.9 Å². The normalized spacial score (nSPS) is 10.3. The molecule has 116 valence electrons. The Morgan fingerprint density at radius 1 is 1.17 bits per heavy atom. The number of nitrogens with one attached hydrogen (secondary N) is 2. The van der Waals surface area contributed by atoms with Crippen LogP contribution in [0, 0.1) is 6.92 Å². The van der Waals surface area contributed by atoms with Crippen LogP contribution in [0.3, 0.4) is 0 Å². The van der Waals surface area contributed by atoms with Crippen molar-refractivity contribution in [2.45, 2.75) is 13.5 Å². The molecule has 0 bridgehead atoms. The topological polar surface area (TPSA) is 75.6 Å². The summed E-state index contributed by atoms with van der Waals surface area (Å²) >= 11 is 3.48. The molecule has 2 aromatic heterocycles. The van der Waals surface area contributed by atoms with Crippen LogP contribution in [0.2, 0.25) is 0 Å². The molecule has 0 radical (unpaired) electrons. The van der Waals surface area contributed by atoms with Gasteiger partial charge in [0.2, 0.25) is 5.95 Å². The molecule has 0 aliphatic heterocycles. The van der Waals surface area contributed by atoms with Gasteiger partial charge >= 0.3 is 0 Å². The van der Waals surface area contributed by atoms with Gasteiger partial charge in [0, 0.05) is 29.1 Å². The van der Waals surface area contributed by atoms with Gasteiger partial charge in [-0.25, -0.2) is 0 Å². The van der Waals surface area contributed by atoms with Crippen LogP contribution in [0.15, 0.2) is 53.4 Å². The third-order valence-corrected chi connectivity index (χ3v) is 4.06. The van der Waals surface area contributed by atoms with Crippen molar-refractivity contribution in [2.75, 3.05) is 10.6 Å². The van der Waals surface area contributed by atoms with Crippen molar-refractivity contribution >= 4 is 33.4 Å². The predicted molar refractivity (Wildman–Crippen MR) is 93.6 cm³/mol. The second-order valence-electron chi connectivity index (χ2n) is 4.97. The molecular weight excluding hydrogens is 356 g/mol. The van der Waals surface area contributed by atoms with Crippen molar-refractivity contribution < 1.29 is 0 Å². The summed E-state index contributed by atoms with van der Waals surface area (Å²) in [5, 5.41) is 14.3. The summed E-state index contributed by atoms with van der Waals surface area (Å²) in [5.41, 5.74) is 3.12. The quantitative estimate of drug-likeness (QED) is 0.713. The number of aromatic nitrogens is 4. The van der Waals surface area contributed by atoms with E-state index in [1.165, 1.54) is 0 Å². The second kappa shape index (κ2) is 7.15. The van der Waals surface area contributed by atoms with Gasteiger partial charge in [-0.05, 0) is 42.3 Å². The molecule has 0 aliphatic rings. The molecule has 0 unspecified atom stereocenters. The SMILES string of the molecule is Cc1cc(Nc2nncc(NCc3cccnc3)n2)ccc1Br. The first-order valence-corrected chi connectivity index (χ1v) is 7.86. The van der Waals surface area contributed by atoms with E-state index in [1.807, 2.05) is 43.5 Å². The number of halogens is 1. The Labute approximate surface area is 142 Å². The first-order chi connectivity index (χ1) is 11.2. The van der Waals surface area contributed by atoms with Crippen molar-refractivity contribution in [3.05, 3.63) is 64.5 Å². The van der Waals surface area contributed by atoms with Crippen molar-refractivity contribution in [1.82, 2.24) is 20.2 Å². The second-order valence-corrected chi connectivity index (χ2v) is 5.82. The highest BCUT2D eigenvalue weighted by molar-refractivity contribution is 9.10. The molecule has 7 heteroatoms. The maximum absolute atomic E-state index is 4.41. The van der Waals surface area contributed by atoms with E-state index in [0.717, 1.165) is 21.3 Å². The van der Waals surface area contributed by atoms with Gasteiger partial charge in [0.1, 0.15) is 0 Å². The molecule has 2 N–H and O–H groups in total. The fraction of sp³-hybridized carbons (Fsp3) is 0.125. The average Bonchev–Trinajstić information content (AvgIpc) is 2.58. The lowest BCUT2D eigenvalue weighted by molar-refractivity contribution is 0.964. The van der Waals surface area contributed by atoms with Gasteiger partial charge < -0.3 is 10.6 Å². The van der Waals surface area contributed by atoms with Crippen LogP contribution in [0.1, 0.15) is 11.1 Å². The van der Waals surface area contributed by atoms with Gasteiger partial charge in [-0.2, -0.15) is 10.1 Å². The van der Waals surface area contributed by atoms with Crippen LogP contribution in [-0.4, -0.2) is 20.2 Å². The van der Waals surface area contributed by atoms with Crippen LogP contribution in [0.25, 0.3) is 0 Å². The van der Waals surface area contributed by atoms with E-state index in [1.54, 1.807) is 12.4 Å². The lowest BCUT2D eigenvalue weighted by Crippen LogP contribution is -2.05. The minimum atomic E-state index is 0.447. The highest BCUT2D eigenvalue weighted by Gasteiger charge is 2.03. The number of rotatable bonds is 5. The van der Waals surface area contributed by atoms with Crippen LogP contribution in [-0.2, 0) is 6.54 Å². The Bertz CT molecular complexity index is 794. The molecule has 3 rings (SSSR count). The molecule has 0 aliphatic carbocycles. The molecular formula is C16H15BrN6. The first kappa shape index (κ1) is 15.4.